The third-order valence-electron chi connectivity index (χ3n) is 4.51. The Morgan fingerprint density at radius 3 is 2.27 bits per heavy atom. The molecule has 7 heteroatoms. The first-order valence-electron chi connectivity index (χ1n) is 7.97. The molecule has 0 radical (unpaired) electrons. The quantitative estimate of drug-likeness (QED) is 0.823. The van der Waals surface area contributed by atoms with Gasteiger partial charge in [0.1, 0.15) is 0 Å². The molecular weight excluding hydrogens is 345 g/mol. The molecule has 4 nitrogen and oxygen atoms in total. The third-order valence-corrected chi connectivity index (χ3v) is 4.51. The van der Waals surface area contributed by atoms with Crippen LogP contribution in [0.25, 0.3) is 0 Å². The molecule has 26 heavy (non-hydrogen) atoms. The van der Waals surface area contributed by atoms with Crippen LogP contribution in [-0.2, 0) is 19.1 Å². The largest absolute Gasteiger partial charge is 0.493 e. The summed E-state index contributed by atoms with van der Waals surface area (Å²) in [6.45, 7) is 1.03. The molecule has 0 saturated heterocycles. The highest BCUT2D eigenvalue weighted by Crippen LogP contribution is 2.37. The monoisotopic (exact) mass is 362 g/mol. The minimum atomic E-state index is -4.56. The van der Waals surface area contributed by atoms with Crippen molar-refractivity contribution in [2.24, 2.45) is 0 Å². The van der Waals surface area contributed by atoms with E-state index >= 15 is 0 Å². The smallest absolute Gasteiger partial charge is 0.417 e. The summed E-state index contributed by atoms with van der Waals surface area (Å²) in [6.07, 6.45) is -3.89. The molecule has 0 amide bonds. The van der Waals surface area contributed by atoms with Crippen molar-refractivity contribution in [3.63, 3.8) is 0 Å². The van der Waals surface area contributed by atoms with Gasteiger partial charge in [-0.25, -0.2) is 0 Å². The lowest BCUT2D eigenvalue weighted by molar-refractivity contribution is -0.137. The molecule has 0 aliphatic carbocycles. The summed E-state index contributed by atoms with van der Waals surface area (Å²) in [7, 11) is 3.11. The van der Waals surface area contributed by atoms with Gasteiger partial charge in [-0.05, 0) is 47.9 Å². The molecule has 0 aromatic heterocycles. The molecule has 0 atom stereocenters. The van der Waals surface area contributed by atoms with Gasteiger partial charge < -0.3 is 14.4 Å². The topological polar surface area (TPSA) is 45.5 Å². The number of benzene rings is 2. The van der Waals surface area contributed by atoms with Crippen molar-refractivity contribution in [3.8, 4) is 17.6 Å². The summed E-state index contributed by atoms with van der Waals surface area (Å²) >= 11 is 0. The van der Waals surface area contributed by atoms with Crippen LogP contribution in [0.2, 0.25) is 0 Å². The van der Waals surface area contributed by atoms with E-state index in [1.807, 2.05) is 17.0 Å². The maximum Gasteiger partial charge on any atom is 0.417 e. The molecule has 2 aromatic carbocycles. The average Bonchev–Trinajstić information content (AvgIpc) is 2.65. The Labute approximate surface area is 149 Å². The van der Waals surface area contributed by atoms with Crippen LogP contribution in [0.3, 0.4) is 0 Å². The van der Waals surface area contributed by atoms with E-state index in [0.717, 1.165) is 17.2 Å². The van der Waals surface area contributed by atoms with Crippen LogP contribution in [-0.4, -0.2) is 20.8 Å². The van der Waals surface area contributed by atoms with Crippen LogP contribution in [0, 0.1) is 11.3 Å². The lowest BCUT2D eigenvalue weighted by atomic mass is 9.97. The highest BCUT2D eigenvalue weighted by atomic mass is 19.4. The van der Waals surface area contributed by atoms with Crippen LogP contribution in [0.15, 0.2) is 30.3 Å². The van der Waals surface area contributed by atoms with Gasteiger partial charge >= 0.3 is 6.18 Å². The second-order valence-corrected chi connectivity index (χ2v) is 5.99. The lowest BCUT2D eigenvalue weighted by Gasteiger charge is -2.32. The van der Waals surface area contributed by atoms with E-state index in [9.17, 15) is 13.2 Å². The number of ether oxygens (including phenoxy) is 2. The normalized spacial score (nSPS) is 13.8. The number of nitriles is 1. The Balaban J connectivity index is 1.95. The molecule has 1 aliphatic heterocycles. The summed E-state index contributed by atoms with van der Waals surface area (Å²) in [4.78, 5) is 1.87. The Kier molecular flexibility index (Phi) is 4.68. The van der Waals surface area contributed by atoms with Gasteiger partial charge in [0.05, 0.1) is 31.4 Å². The fraction of sp³-hybridized carbons (Fsp3) is 0.316. The van der Waals surface area contributed by atoms with Crippen molar-refractivity contribution >= 4 is 5.69 Å². The van der Waals surface area contributed by atoms with Crippen molar-refractivity contribution in [2.75, 3.05) is 25.7 Å². The Bertz CT molecular complexity index is 872. The molecule has 2 aromatic rings. The van der Waals surface area contributed by atoms with Gasteiger partial charge in [0.2, 0.25) is 0 Å². The molecule has 0 fully saturated rings. The number of nitrogens with zero attached hydrogens (tertiary/aromatic N) is 2. The van der Waals surface area contributed by atoms with Gasteiger partial charge in [0.25, 0.3) is 0 Å². The van der Waals surface area contributed by atoms with Crippen molar-refractivity contribution in [1.82, 2.24) is 0 Å². The van der Waals surface area contributed by atoms with Gasteiger partial charge in [-0.1, -0.05) is 0 Å². The summed E-state index contributed by atoms with van der Waals surface area (Å²) in [6, 6.07) is 9.20. The van der Waals surface area contributed by atoms with E-state index in [2.05, 4.69) is 0 Å². The zero-order valence-electron chi connectivity index (χ0n) is 14.4. The van der Waals surface area contributed by atoms with E-state index in [-0.39, 0.29) is 5.56 Å². The van der Waals surface area contributed by atoms with Crippen LogP contribution in [0.1, 0.15) is 22.3 Å². The van der Waals surface area contributed by atoms with E-state index < -0.39 is 11.7 Å². The molecule has 136 valence electrons. The molecule has 3 rings (SSSR count). The maximum atomic E-state index is 13.2. The Morgan fingerprint density at radius 2 is 1.69 bits per heavy atom. The summed E-state index contributed by atoms with van der Waals surface area (Å²) in [5.74, 6) is 1.22. The number of fused-ring (bicyclic) bond motifs is 1. The number of hydrogen-bond donors (Lipinski definition) is 0. The number of rotatable bonds is 3. The molecule has 0 bridgehead atoms. The van der Waals surface area contributed by atoms with Gasteiger partial charge in [-0.2, -0.15) is 18.4 Å². The van der Waals surface area contributed by atoms with Crippen LogP contribution in [0.5, 0.6) is 11.5 Å². The first kappa shape index (κ1) is 17.9. The predicted molar refractivity (Wildman–Crippen MR) is 90.5 cm³/mol. The Morgan fingerprint density at radius 1 is 1.04 bits per heavy atom. The van der Waals surface area contributed by atoms with Crippen molar-refractivity contribution in [2.45, 2.75) is 19.1 Å². The average molecular weight is 362 g/mol. The van der Waals surface area contributed by atoms with Crippen molar-refractivity contribution < 1.29 is 22.6 Å². The van der Waals surface area contributed by atoms with E-state index in [1.165, 1.54) is 6.07 Å². The molecule has 1 heterocycles. The minimum absolute atomic E-state index is 0.370. The fourth-order valence-electron chi connectivity index (χ4n) is 3.16. The zero-order chi connectivity index (χ0) is 18.9. The molecule has 0 spiro atoms. The molecule has 0 unspecified atom stereocenters. The molecule has 0 N–H and O–H groups in total. The predicted octanol–water partition coefficient (Wildman–Crippen LogP) is 4.16. The first-order chi connectivity index (χ1) is 12.4. The second kappa shape index (κ2) is 6.79. The lowest BCUT2D eigenvalue weighted by Crippen LogP contribution is -2.30. The van der Waals surface area contributed by atoms with Gasteiger partial charge in [0.15, 0.2) is 11.5 Å². The van der Waals surface area contributed by atoms with E-state index in [0.29, 0.717) is 36.7 Å². The number of halogens is 3. The highest BCUT2D eigenvalue weighted by molar-refractivity contribution is 5.57. The standard InChI is InChI=1S/C19H17F3N2O2/c1-25-17-7-12-5-6-24(11-14(12)8-18(17)26-2)15-4-3-13(10-23)16(9-15)19(20,21)22/h3-4,7-9H,5-6,11H2,1-2H3. The van der Waals surface area contributed by atoms with Crippen LogP contribution in [0.4, 0.5) is 18.9 Å². The fourth-order valence-corrected chi connectivity index (χ4v) is 3.16. The minimum Gasteiger partial charge on any atom is -0.493 e. The summed E-state index contributed by atoms with van der Waals surface area (Å²) in [5, 5.41) is 8.93. The number of alkyl halides is 3. The van der Waals surface area contributed by atoms with Gasteiger partial charge in [-0.15, -0.1) is 0 Å². The summed E-state index contributed by atoms with van der Waals surface area (Å²) in [5.41, 5.74) is 1.23. The number of methoxy groups -OCH3 is 2. The van der Waals surface area contributed by atoms with Gasteiger partial charge in [-0.3, -0.25) is 0 Å². The van der Waals surface area contributed by atoms with Crippen molar-refractivity contribution in [1.29, 1.82) is 5.26 Å². The molecule has 0 saturated carbocycles. The summed E-state index contributed by atoms with van der Waals surface area (Å²) < 4.78 is 50.2. The maximum absolute atomic E-state index is 13.2. The number of hydrogen-bond acceptors (Lipinski definition) is 4. The van der Waals surface area contributed by atoms with Crippen molar-refractivity contribution in [3.05, 3.63) is 52.6 Å². The van der Waals surface area contributed by atoms with Gasteiger partial charge in [0, 0.05) is 18.8 Å². The SMILES string of the molecule is COc1cc2c(cc1OC)CN(c1ccc(C#N)c(C(F)(F)F)c1)CC2. The van der Waals surface area contributed by atoms with E-state index in [4.69, 9.17) is 14.7 Å². The first-order valence-corrected chi connectivity index (χ1v) is 7.97. The molecular formula is C19H17F3N2O2. The second-order valence-electron chi connectivity index (χ2n) is 5.99. The Hall–Kier alpha value is -2.88. The highest BCUT2D eigenvalue weighted by Gasteiger charge is 2.34. The number of anilines is 1. The zero-order valence-corrected chi connectivity index (χ0v) is 14.4. The van der Waals surface area contributed by atoms with E-state index in [1.54, 1.807) is 26.4 Å². The molecule has 1 aliphatic rings. The third kappa shape index (κ3) is 3.27. The van der Waals surface area contributed by atoms with Crippen LogP contribution < -0.4 is 14.4 Å². The van der Waals surface area contributed by atoms with Crippen LogP contribution >= 0.6 is 0 Å².